The van der Waals surface area contributed by atoms with Crippen LogP contribution in [0.1, 0.15) is 31.8 Å². The molecule has 1 heterocycles. The van der Waals surface area contributed by atoms with E-state index in [0.29, 0.717) is 5.56 Å². The number of hydrogen-bond acceptors (Lipinski definition) is 5. The van der Waals surface area contributed by atoms with Gasteiger partial charge in [0.25, 0.3) is 0 Å². The molecule has 1 aliphatic carbocycles. The van der Waals surface area contributed by atoms with Crippen LogP contribution in [0.3, 0.4) is 0 Å². The lowest BCUT2D eigenvalue weighted by Gasteiger charge is -2.20. The van der Waals surface area contributed by atoms with Gasteiger partial charge in [-0.05, 0) is 38.1 Å². The number of halogens is 2. The number of aromatic hydroxyl groups is 1. The maximum atomic E-state index is 12.6. The van der Waals surface area contributed by atoms with Gasteiger partial charge < -0.3 is 19.7 Å². The summed E-state index contributed by atoms with van der Waals surface area (Å²) in [5, 5.41) is 30.2. The smallest absolute Gasteiger partial charge is 0.339 e. The van der Waals surface area contributed by atoms with Gasteiger partial charge in [0.2, 0.25) is 0 Å². The Hall–Kier alpha value is -3.55. The average Bonchev–Trinajstić information content (AvgIpc) is 2.72. The Kier molecular flexibility index (Phi) is 5.11. The predicted molar refractivity (Wildman–Crippen MR) is 120 cm³/mol. The van der Waals surface area contributed by atoms with Crippen molar-refractivity contribution >= 4 is 46.1 Å². The van der Waals surface area contributed by atoms with Crippen LogP contribution >= 0.6 is 23.2 Å². The number of carboxylic acids is 2. The first-order chi connectivity index (χ1) is 15.0. The lowest BCUT2D eigenvalue weighted by Crippen LogP contribution is -2.18. The fourth-order valence-electron chi connectivity index (χ4n) is 3.78. The van der Waals surface area contributed by atoms with E-state index in [2.05, 4.69) is 0 Å². The predicted octanol–water partition coefficient (Wildman–Crippen LogP) is 5.59. The highest BCUT2D eigenvalue weighted by Gasteiger charge is 2.29. The zero-order valence-electron chi connectivity index (χ0n) is 16.6. The fourth-order valence-corrected chi connectivity index (χ4v) is 4.37. The molecule has 0 radical (unpaired) electrons. The van der Waals surface area contributed by atoms with Crippen LogP contribution in [0.4, 0.5) is 0 Å². The van der Waals surface area contributed by atoms with E-state index in [0.717, 1.165) is 6.07 Å². The molecular weight excluding hydrogens is 459 g/mol. The van der Waals surface area contributed by atoms with E-state index in [9.17, 15) is 29.7 Å². The molecule has 0 amide bonds. The third-order valence-corrected chi connectivity index (χ3v) is 5.99. The summed E-state index contributed by atoms with van der Waals surface area (Å²) in [7, 11) is 0. The molecule has 0 saturated heterocycles. The summed E-state index contributed by atoms with van der Waals surface area (Å²) in [5.41, 5.74) is -0.529. The van der Waals surface area contributed by atoms with Crippen molar-refractivity contribution < 1.29 is 29.3 Å². The molecule has 0 spiro atoms. The van der Waals surface area contributed by atoms with Gasteiger partial charge in [0.15, 0.2) is 5.43 Å². The highest BCUT2D eigenvalue weighted by Crippen LogP contribution is 2.48. The molecule has 0 unspecified atom stereocenters. The molecule has 0 saturated carbocycles. The Morgan fingerprint density at radius 2 is 1.50 bits per heavy atom. The molecule has 4 rings (SSSR count). The van der Waals surface area contributed by atoms with Crippen LogP contribution in [-0.2, 0) is 0 Å². The standard InChI is InChI=1S/C23H14Cl2O7/c1-8-18(26)12(22(28)29)6-10-16(17-14(24)4-3-5-15(17)25)11-7-13(23(30)31)19(27)9(2)21(11)32-20(8)10/h3-7,26H,1-2H3,(H,28,29)(H,30,31). The number of aryl methyl sites for hydroxylation is 1. The van der Waals surface area contributed by atoms with Crippen LogP contribution in [0.5, 0.6) is 5.75 Å². The van der Waals surface area contributed by atoms with Crippen molar-refractivity contribution in [1.29, 1.82) is 0 Å². The van der Waals surface area contributed by atoms with Crippen molar-refractivity contribution in [2.24, 2.45) is 0 Å². The molecule has 3 N–H and O–H groups in total. The average molecular weight is 473 g/mol. The molecule has 2 aliphatic rings. The first-order valence-electron chi connectivity index (χ1n) is 9.22. The normalized spacial score (nSPS) is 11.2. The van der Waals surface area contributed by atoms with Crippen molar-refractivity contribution in [1.82, 2.24) is 0 Å². The van der Waals surface area contributed by atoms with Crippen LogP contribution in [0.15, 0.2) is 39.5 Å². The number of carbonyl (C=O) groups is 2. The first kappa shape index (κ1) is 21.7. The van der Waals surface area contributed by atoms with Gasteiger partial charge in [0, 0.05) is 43.2 Å². The van der Waals surface area contributed by atoms with Gasteiger partial charge in [-0.3, -0.25) is 4.79 Å². The summed E-state index contributed by atoms with van der Waals surface area (Å²) in [6.07, 6.45) is 0. The monoisotopic (exact) mass is 472 g/mol. The van der Waals surface area contributed by atoms with Crippen LogP contribution in [-0.4, -0.2) is 27.3 Å². The second-order valence-electron chi connectivity index (χ2n) is 7.21. The Morgan fingerprint density at radius 3 is 2.06 bits per heavy atom. The number of aromatic carboxylic acids is 2. The number of benzene rings is 3. The molecule has 9 heteroatoms. The highest BCUT2D eigenvalue weighted by atomic mass is 35.5. The second-order valence-corrected chi connectivity index (χ2v) is 8.03. The van der Waals surface area contributed by atoms with E-state index in [4.69, 9.17) is 27.6 Å². The summed E-state index contributed by atoms with van der Waals surface area (Å²) in [4.78, 5) is 36.1. The van der Waals surface area contributed by atoms with E-state index in [1.54, 1.807) is 18.2 Å². The number of fused-ring (bicyclic) bond motifs is 2. The molecule has 0 bridgehead atoms. The molecule has 162 valence electrons. The molecule has 0 aromatic heterocycles. The quantitative estimate of drug-likeness (QED) is 0.331. The molecule has 7 nitrogen and oxygen atoms in total. The Morgan fingerprint density at radius 1 is 0.906 bits per heavy atom. The van der Waals surface area contributed by atoms with Gasteiger partial charge in [-0.25, -0.2) is 9.59 Å². The van der Waals surface area contributed by atoms with Gasteiger partial charge in [-0.2, -0.15) is 0 Å². The summed E-state index contributed by atoms with van der Waals surface area (Å²) in [6, 6.07) is 7.13. The summed E-state index contributed by atoms with van der Waals surface area (Å²) in [5.74, 6) is -3.22. The van der Waals surface area contributed by atoms with Crippen molar-refractivity contribution in [2.75, 3.05) is 0 Å². The third kappa shape index (κ3) is 3.09. The Balaban J connectivity index is 2.39. The van der Waals surface area contributed by atoms with Gasteiger partial charge in [-0.1, -0.05) is 29.3 Å². The molecule has 1 aliphatic heterocycles. The van der Waals surface area contributed by atoms with Crippen molar-refractivity contribution in [3.63, 3.8) is 0 Å². The maximum absolute atomic E-state index is 12.6. The molecule has 2 aromatic carbocycles. The molecule has 32 heavy (non-hydrogen) atoms. The van der Waals surface area contributed by atoms with E-state index in [1.807, 2.05) is 0 Å². The molecule has 0 atom stereocenters. The zero-order valence-corrected chi connectivity index (χ0v) is 18.1. The van der Waals surface area contributed by atoms with Crippen LogP contribution in [0.25, 0.3) is 33.4 Å². The molecular formula is C23H14Cl2O7. The SMILES string of the molecule is Cc1c2oc3c(C)c(O)c(C(=O)O)cc3c(-c3c(Cl)cccc3Cl)c-2cc(C(=O)O)c1=O. The van der Waals surface area contributed by atoms with Gasteiger partial charge in [0.05, 0.1) is 0 Å². The van der Waals surface area contributed by atoms with E-state index in [-0.39, 0.29) is 54.6 Å². The lowest BCUT2D eigenvalue weighted by atomic mass is 9.88. The fraction of sp³-hybridized carbons (Fsp3) is 0.0870. The first-order valence-corrected chi connectivity index (χ1v) is 9.97. The molecule has 0 fully saturated rings. The van der Waals surface area contributed by atoms with E-state index >= 15 is 0 Å². The number of phenols is 1. The van der Waals surface area contributed by atoms with Crippen molar-refractivity contribution in [3.05, 3.63) is 72.9 Å². The Labute approximate surface area is 190 Å². The second kappa shape index (κ2) is 7.55. The zero-order chi connectivity index (χ0) is 23.5. The summed E-state index contributed by atoms with van der Waals surface area (Å²) >= 11 is 12.9. The topological polar surface area (TPSA) is 125 Å². The number of rotatable bonds is 3. The molecule has 2 aromatic rings. The van der Waals surface area contributed by atoms with Gasteiger partial charge in [0.1, 0.15) is 28.2 Å². The highest BCUT2D eigenvalue weighted by molar-refractivity contribution is 6.40. The van der Waals surface area contributed by atoms with Gasteiger partial charge in [-0.15, -0.1) is 0 Å². The number of carboxylic acid groups (broad SMARTS) is 2. The summed E-state index contributed by atoms with van der Waals surface area (Å²) in [6.45, 7) is 2.89. The van der Waals surface area contributed by atoms with Gasteiger partial charge >= 0.3 is 11.9 Å². The minimum absolute atomic E-state index is 0.0347. The van der Waals surface area contributed by atoms with E-state index in [1.165, 1.54) is 19.9 Å². The maximum Gasteiger partial charge on any atom is 0.339 e. The van der Waals surface area contributed by atoms with Crippen LogP contribution in [0.2, 0.25) is 10.0 Å². The summed E-state index contributed by atoms with van der Waals surface area (Å²) < 4.78 is 5.95. The van der Waals surface area contributed by atoms with E-state index < -0.39 is 28.7 Å². The lowest BCUT2D eigenvalue weighted by molar-refractivity contribution is 0.0683. The number of hydrogen-bond donors (Lipinski definition) is 3. The minimum Gasteiger partial charge on any atom is -0.507 e. The van der Waals surface area contributed by atoms with Crippen molar-refractivity contribution in [3.8, 4) is 28.2 Å². The van der Waals surface area contributed by atoms with Crippen molar-refractivity contribution in [2.45, 2.75) is 13.8 Å². The minimum atomic E-state index is -1.43. The van der Waals surface area contributed by atoms with Crippen LogP contribution < -0.4 is 5.43 Å². The largest absolute Gasteiger partial charge is 0.507 e. The Bertz CT molecular complexity index is 1480. The third-order valence-electron chi connectivity index (χ3n) is 5.36. The van der Waals surface area contributed by atoms with Crippen LogP contribution in [0, 0.1) is 13.8 Å².